The number of para-hydroxylation sites is 1. The maximum absolute atomic E-state index is 2.42. The van der Waals surface area contributed by atoms with E-state index in [-0.39, 0.29) is 0 Å². The zero-order valence-electron chi connectivity index (χ0n) is 10.1. The van der Waals surface area contributed by atoms with Crippen LogP contribution in [0.15, 0.2) is 30.3 Å². The Morgan fingerprint density at radius 2 is 1.67 bits per heavy atom. The van der Waals surface area contributed by atoms with E-state index in [0.717, 1.165) is 19.6 Å². The summed E-state index contributed by atoms with van der Waals surface area (Å²) in [6, 6.07) is 10.6. The van der Waals surface area contributed by atoms with Gasteiger partial charge >= 0.3 is 0 Å². The van der Waals surface area contributed by atoms with Crippen molar-refractivity contribution in [3.05, 3.63) is 30.3 Å². The van der Waals surface area contributed by atoms with Crippen LogP contribution in [0.25, 0.3) is 0 Å². The van der Waals surface area contributed by atoms with Gasteiger partial charge in [0.2, 0.25) is 0 Å². The molecule has 0 saturated heterocycles. The lowest BCUT2D eigenvalue weighted by Gasteiger charge is -2.23. The van der Waals surface area contributed by atoms with E-state index in [4.69, 9.17) is 0 Å². The maximum atomic E-state index is 2.42. The van der Waals surface area contributed by atoms with Crippen LogP contribution in [0.3, 0.4) is 0 Å². The molecule has 0 amide bonds. The van der Waals surface area contributed by atoms with Gasteiger partial charge in [-0.3, -0.25) is 0 Å². The third kappa shape index (κ3) is 4.34. The first-order valence-corrected chi connectivity index (χ1v) is 5.68. The molecule has 0 heterocycles. The highest BCUT2D eigenvalue weighted by atomic mass is 15.1. The van der Waals surface area contributed by atoms with Crippen molar-refractivity contribution in [3.8, 4) is 0 Å². The molecule has 0 fully saturated rings. The number of hydrogen-bond donors (Lipinski definition) is 0. The molecular weight excluding hydrogens is 184 g/mol. The van der Waals surface area contributed by atoms with E-state index in [1.54, 1.807) is 0 Å². The smallest absolute Gasteiger partial charge is 0.0366 e. The van der Waals surface area contributed by atoms with Crippen LogP contribution >= 0.6 is 0 Å². The van der Waals surface area contributed by atoms with Gasteiger partial charge in [0, 0.05) is 18.8 Å². The predicted octanol–water partition coefficient (Wildman–Crippen LogP) is 2.46. The predicted molar refractivity (Wildman–Crippen MR) is 67.5 cm³/mol. The fourth-order valence-corrected chi connectivity index (χ4v) is 1.69. The van der Waals surface area contributed by atoms with E-state index >= 15 is 0 Å². The summed E-state index contributed by atoms with van der Waals surface area (Å²) in [6.45, 7) is 5.59. The Kier molecular flexibility index (Phi) is 5.19. The lowest BCUT2D eigenvalue weighted by molar-refractivity contribution is 0.400. The molecule has 0 spiro atoms. The second-order valence-electron chi connectivity index (χ2n) is 4.07. The topological polar surface area (TPSA) is 6.48 Å². The zero-order chi connectivity index (χ0) is 11.1. The van der Waals surface area contributed by atoms with Crippen LogP contribution < -0.4 is 4.90 Å². The lowest BCUT2D eigenvalue weighted by atomic mass is 10.2. The Morgan fingerprint density at radius 3 is 2.20 bits per heavy atom. The molecule has 0 bridgehead atoms. The van der Waals surface area contributed by atoms with Crippen LogP contribution in [0, 0.1) is 0 Å². The molecule has 0 aliphatic rings. The molecule has 2 heteroatoms. The summed E-state index contributed by atoms with van der Waals surface area (Å²) in [7, 11) is 4.25. The fraction of sp³-hybridized carbons (Fsp3) is 0.538. The van der Waals surface area contributed by atoms with E-state index in [0.29, 0.717) is 0 Å². The summed E-state index contributed by atoms with van der Waals surface area (Å²) in [5, 5.41) is 0. The lowest BCUT2D eigenvalue weighted by Crippen LogP contribution is -2.26. The summed E-state index contributed by atoms with van der Waals surface area (Å²) in [5.74, 6) is 0. The normalized spacial score (nSPS) is 10.7. The summed E-state index contributed by atoms with van der Waals surface area (Å²) in [4.78, 5) is 4.66. The Labute approximate surface area is 93.5 Å². The van der Waals surface area contributed by atoms with Crippen LogP contribution in [0.4, 0.5) is 5.69 Å². The molecule has 0 atom stereocenters. The molecule has 0 saturated carbocycles. The van der Waals surface area contributed by atoms with Gasteiger partial charge in [-0.15, -0.1) is 0 Å². The van der Waals surface area contributed by atoms with Crippen molar-refractivity contribution in [2.24, 2.45) is 0 Å². The highest BCUT2D eigenvalue weighted by molar-refractivity contribution is 5.45. The summed E-state index contributed by atoms with van der Waals surface area (Å²) < 4.78 is 0. The molecule has 1 rings (SSSR count). The van der Waals surface area contributed by atoms with Gasteiger partial charge in [-0.1, -0.05) is 18.2 Å². The molecule has 2 nitrogen and oxygen atoms in total. The molecule has 1 aromatic rings. The molecular formula is C13H22N2. The van der Waals surface area contributed by atoms with Gasteiger partial charge in [0.1, 0.15) is 0 Å². The van der Waals surface area contributed by atoms with Crippen LogP contribution in [0.5, 0.6) is 0 Å². The highest BCUT2D eigenvalue weighted by Crippen LogP contribution is 2.12. The van der Waals surface area contributed by atoms with Gasteiger partial charge < -0.3 is 9.80 Å². The first-order chi connectivity index (χ1) is 7.24. The van der Waals surface area contributed by atoms with Crippen LogP contribution in [-0.2, 0) is 0 Å². The van der Waals surface area contributed by atoms with Gasteiger partial charge in [0.15, 0.2) is 0 Å². The second-order valence-corrected chi connectivity index (χ2v) is 4.07. The van der Waals surface area contributed by atoms with Crippen molar-refractivity contribution >= 4 is 5.69 Å². The molecule has 0 radical (unpaired) electrons. The van der Waals surface area contributed by atoms with Crippen molar-refractivity contribution < 1.29 is 0 Å². The first-order valence-electron chi connectivity index (χ1n) is 5.68. The average molecular weight is 206 g/mol. The van der Waals surface area contributed by atoms with Crippen LogP contribution in [-0.4, -0.2) is 38.6 Å². The van der Waals surface area contributed by atoms with Crippen molar-refractivity contribution in [2.45, 2.75) is 13.3 Å². The molecule has 1 aromatic carbocycles. The summed E-state index contributed by atoms with van der Waals surface area (Å²) in [5.41, 5.74) is 1.33. The third-order valence-electron chi connectivity index (χ3n) is 2.54. The van der Waals surface area contributed by atoms with E-state index < -0.39 is 0 Å². The van der Waals surface area contributed by atoms with Crippen molar-refractivity contribution in [1.82, 2.24) is 4.90 Å². The van der Waals surface area contributed by atoms with Gasteiger partial charge in [0.05, 0.1) is 0 Å². The largest absolute Gasteiger partial charge is 0.372 e. The number of rotatable bonds is 6. The standard InChI is InChI=1S/C13H22N2/c1-4-15(12-8-11-14(2)3)13-9-6-5-7-10-13/h5-7,9-10H,4,8,11-12H2,1-3H3. The second kappa shape index (κ2) is 6.46. The molecule has 0 aliphatic heterocycles. The fourth-order valence-electron chi connectivity index (χ4n) is 1.69. The Bertz CT molecular complexity index is 256. The zero-order valence-corrected chi connectivity index (χ0v) is 10.1. The van der Waals surface area contributed by atoms with E-state index in [9.17, 15) is 0 Å². The van der Waals surface area contributed by atoms with Crippen molar-refractivity contribution in [1.29, 1.82) is 0 Å². The summed E-state index contributed by atoms with van der Waals surface area (Å²) >= 11 is 0. The average Bonchev–Trinajstić information content (AvgIpc) is 2.25. The number of nitrogens with zero attached hydrogens (tertiary/aromatic N) is 2. The van der Waals surface area contributed by atoms with Gasteiger partial charge in [-0.2, -0.15) is 0 Å². The molecule has 0 N–H and O–H groups in total. The minimum atomic E-state index is 1.08. The molecule has 0 unspecified atom stereocenters. The number of hydrogen-bond acceptors (Lipinski definition) is 2. The quantitative estimate of drug-likeness (QED) is 0.705. The van der Waals surface area contributed by atoms with Crippen molar-refractivity contribution in [3.63, 3.8) is 0 Å². The third-order valence-corrected chi connectivity index (χ3v) is 2.54. The monoisotopic (exact) mass is 206 g/mol. The van der Waals surface area contributed by atoms with Crippen LogP contribution in [0.1, 0.15) is 13.3 Å². The van der Waals surface area contributed by atoms with E-state index in [1.807, 2.05) is 0 Å². The Hall–Kier alpha value is -1.02. The first kappa shape index (κ1) is 12.1. The maximum Gasteiger partial charge on any atom is 0.0366 e. The molecule has 0 aliphatic carbocycles. The van der Waals surface area contributed by atoms with E-state index in [1.165, 1.54) is 12.1 Å². The Balaban J connectivity index is 2.43. The Morgan fingerprint density at radius 1 is 1.00 bits per heavy atom. The minimum absolute atomic E-state index is 1.08. The molecule has 0 aromatic heterocycles. The molecule has 15 heavy (non-hydrogen) atoms. The minimum Gasteiger partial charge on any atom is -0.372 e. The SMILES string of the molecule is CCN(CCCN(C)C)c1ccccc1. The molecule has 84 valence electrons. The van der Waals surface area contributed by atoms with Gasteiger partial charge in [-0.25, -0.2) is 0 Å². The van der Waals surface area contributed by atoms with Crippen molar-refractivity contribution in [2.75, 3.05) is 38.6 Å². The van der Waals surface area contributed by atoms with Gasteiger partial charge in [0.25, 0.3) is 0 Å². The number of anilines is 1. The highest BCUT2D eigenvalue weighted by Gasteiger charge is 2.02. The summed E-state index contributed by atoms with van der Waals surface area (Å²) in [6.07, 6.45) is 1.22. The number of benzene rings is 1. The van der Waals surface area contributed by atoms with E-state index in [2.05, 4.69) is 61.2 Å². The van der Waals surface area contributed by atoms with Gasteiger partial charge in [-0.05, 0) is 46.1 Å². The van der Waals surface area contributed by atoms with Crippen LogP contribution in [0.2, 0.25) is 0 Å².